The third-order valence-electron chi connectivity index (χ3n) is 3.26. The van der Waals surface area contributed by atoms with Gasteiger partial charge in [-0.3, -0.25) is 9.59 Å². The Kier molecular flexibility index (Phi) is 4.95. The molecule has 108 valence electrons. The second-order valence-electron chi connectivity index (χ2n) is 4.72. The van der Waals surface area contributed by atoms with Crippen LogP contribution in [-0.4, -0.2) is 36.3 Å². The van der Waals surface area contributed by atoms with Gasteiger partial charge in [0.25, 0.3) is 5.91 Å². The summed E-state index contributed by atoms with van der Waals surface area (Å²) in [6, 6.07) is 3.59. The van der Waals surface area contributed by atoms with E-state index in [1.165, 1.54) is 12.1 Å². The molecule has 0 bridgehead atoms. The van der Waals surface area contributed by atoms with Crippen LogP contribution in [0, 0.1) is 5.82 Å². The Bertz CT molecular complexity index is 516. The summed E-state index contributed by atoms with van der Waals surface area (Å²) in [6.45, 7) is 1.86. The van der Waals surface area contributed by atoms with Gasteiger partial charge in [0.1, 0.15) is 5.82 Å². The lowest BCUT2D eigenvalue weighted by molar-refractivity contribution is -0.129. The summed E-state index contributed by atoms with van der Waals surface area (Å²) in [7, 11) is 0. The molecule has 1 aromatic carbocycles. The van der Waals surface area contributed by atoms with Crippen molar-refractivity contribution in [2.24, 2.45) is 0 Å². The maximum Gasteiger partial charge on any atom is 0.252 e. The largest absolute Gasteiger partial charge is 0.351 e. The third-order valence-corrected chi connectivity index (χ3v) is 3.57. The molecule has 1 aliphatic heterocycles. The number of carbonyl (C=O) groups excluding carboxylic acids is 2. The number of amides is 2. The molecule has 6 heteroatoms. The van der Waals surface area contributed by atoms with Gasteiger partial charge < -0.3 is 10.2 Å². The molecule has 20 heavy (non-hydrogen) atoms. The number of nitrogens with zero attached hydrogens (tertiary/aromatic N) is 1. The number of rotatable bonds is 4. The van der Waals surface area contributed by atoms with Crippen LogP contribution in [0.15, 0.2) is 18.2 Å². The topological polar surface area (TPSA) is 49.4 Å². The van der Waals surface area contributed by atoms with E-state index >= 15 is 0 Å². The molecule has 0 radical (unpaired) electrons. The lowest BCUT2D eigenvalue weighted by Crippen LogP contribution is -2.32. The van der Waals surface area contributed by atoms with Gasteiger partial charge in [-0.15, -0.1) is 0 Å². The summed E-state index contributed by atoms with van der Waals surface area (Å²) >= 11 is 5.79. The van der Waals surface area contributed by atoms with Crippen molar-refractivity contribution in [3.63, 3.8) is 0 Å². The number of nitrogens with one attached hydrogen (secondary N) is 1. The molecule has 0 aromatic heterocycles. The molecule has 2 rings (SSSR count). The standard InChI is InChI=1S/C14H16ClFN2O2/c15-12-9-10(16)3-4-11(12)14(20)17-6-5-13(19)18-7-1-2-8-18/h3-4,9H,1-2,5-8H2,(H,17,20). The average molecular weight is 299 g/mol. The van der Waals surface area contributed by atoms with Crippen LogP contribution in [0.5, 0.6) is 0 Å². The predicted molar refractivity (Wildman–Crippen MR) is 74.2 cm³/mol. The molecule has 1 saturated heterocycles. The van der Waals surface area contributed by atoms with Gasteiger partial charge in [-0.1, -0.05) is 11.6 Å². The number of halogens is 2. The monoisotopic (exact) mass is 298 g/mol. The lowest BCUT2D eigenvalue weighted by Gasteiger charge is -2.15. The molecule has 0 aliphatic carbocycles. The first-order valence-electron chi connectivity index (χ1n) is 6.59. The zero-order valence-corrected chi connectivity index (χ0v) is 11.8. The van der Waals surface area contributed by atoms with E-state index in [1.54, 1.807) is 4.90 Å². The maximum atomic E-state index is 12.9. The molecule has 0 unspecified atom stereocenters. The van der Waals surface area contributed by atoms with E-state index in [0.29, 0.717) is 0 Å². The van der Waals surface area contributed by atoms with Crippen LogP contribution in [0.1, 0.15) is 29.6 Å². The zero-order chi connectivity index (χ0) is 14.5. The molecule has 0 atom stereocenters. The van der Waals surface area contributed by atoms with Crippen molar-refractivity contribution < 1.29 is 14.0 Å². The van der Waals surface area contributed by atoms with Crippen molar-refractivity contribution in [3.05, 3.63) is 34.6 Å². The highest BCUT2D eigenvalue weighted by atomic mass is 35.5. The van der Waals surface area contributed by atoms with E-state index in [1.807, 2.05) is 0 Å². The van der Waals surface area contributed by atoms with Crippen LogP contribution in [0.4, 0.5) is 4.39 Å². The van der Waals surface area contributed by atoms with Crippen LogP contribution in [0.25, 0.3) is 0 Å². The number of benzene rings is 1. The molecule has 0 saturated carbocycles. The van der Waals surface area contributed by atoms with Gasteiger partial charge in [0, 0.05) is 26.1 Å². The Morgan fingerprint density at radius 1 is 1.30 bits per heavy atom. The third kappa shape index (κ3) is 3.70. The first-order valence-corrected chi connectivity index (χ1v) is 6.97. The van der Waals surface area contributed by atoms with Gasteiger partial charge >= 0.3 is 0 Å². The van der Waals surface area contributed by atoms with Crippen LogP contribution < -0.4 is 5.32 Å². The van der Waals surface area contributed by atoms with Crippen molar-refractivity contribution in [2.45, 2.75) is 19.3 Å². The Labute approximate surface area is 121 Å². The fourth-order valence-electron chi connectivity index (χ4n) is 2.18. The molecule has 1 fully saturated rings. The van der Waals surface area contributed by atoms with Gasteiger partial charge in [0.15, 0.2) is 0 Å². The van der Waals surface area contributed by atoms with E-state index in [4.69, 9.17) is 11.6 Å². The highest BCUT2D eigenvalue weighted by Gasteiger charge is 2.18. The Hall–Kier alpha value is -1.62. The van der Waals surface area contributed by atoms with E-state index in [-0.39, 0.29) is 29.5 Å². The summed E-state index contributed by atoms with van der Waals surface area (Å²) in [5.41, 5.74) is 0.210. The minimum Gasteiger partial charge on any atom is -0.351 e. The summed E-state index contributed by atoms with van der Waals surface area (Å²) in [4.78, 5) is 25.4. The van der Waals surface area contributed by atoms with Crippen molar-refractivity contribution in [1.29, 1.82) is 0 Å². The molecule has 1 aliphatic rings. The van der Waals surface area contributed by atoms with Gasteiger partial charge in [-0.05, 0) is 31.0 Å². The van der Waals surface area contributed by atoms with Crippen LogP contribution in [0.2, 0.25) is 5.02 Å². The number of likely N-dealkylation sites (tertiary alicyclic amines) is 1. The number of hydrogen-bond acceptors (Lipinski definition) is 2. The summed E-state index contributed by atoms with van der Waals surface area (Å²) < 4.78 is 12.9. The Balaban J connectivity index is 1.81. The molecule has 0 spiro atoms. The fraction of sp³-hybridized carbons (Fsp3) is 0.429. The zero-order valence-electron chi connectivity index (χ0n) is 11.0. The molecule has 4 nitrogen and oxygen atoms in total. The Morgan fingerprint density at radius 3 is 2.65 bits per heavy atom. The first kappa shape index (κ1) is 14.8. The van der Waals surface area contributed by atoms with Gasteiger partial charge in [-0.25, -0.2) is 4.39 Å². The predicted octanol–water partition coefficient (Wildman–Crippen LogP) is 2.22. The van der Waals surface area contributed by atoms with Crippen LogP contribution in [0.3, 0.4) is 0 Å². The molecule has 2 amide bonds. The molecule has 1 heterocycles. The van der Waals surface area contributed by atoms with E-state index in [2.05, 4.69) is 5.32 Å². The SMILES string of the molecule is O=C(NCCC(=O)N1CCCC1)c1ccc(F)cc1Cl. The Morgan fingerprint density at radius 2 is 2.00 bits per heavy atom. The normalized spacial score (nSPS) is 14.4. The quantitative estimate of drug-likeness (QED) is 0.926. The van der Waals surface area contributed by atoms with Gasteiger partial charge in [0.2, 0.25) is 5.91 Å². The van der Waals surface area contributed by atoms with Crippen LogP contribution >= 0.6 is 11.6 Å². The second-order valence-corrected chi connectivity index (χ2v) is 5.13. The van der Waals surface area contributed by atoms with Crippen molar-refractivity contribution in [2.75, 3.05) is 19.6 Å². The van der Waals surface area contributed by atoms with Crippen molar-refractivity contribution in [3.8, 4) is 0 Å². The van der Waals surface area contributed by atoms with Gasteiger partial charge in [0.05, 0.1) is 10.6 Å². The fourth-order valence-corrected chi connectivity index (χ4v) is 2.43. The molecular weight excluding hydrogens is 283 g/mol. The average Bonchev–Trinajstić information content (AvgIpc) is 2.92. The minimum atomic E-state index is -0.490. The van der Waals surface area contributed by atoms with E-state index in [0.717, 1.165) is 32.0 Å². The van der Waals surface area contributed by atoms with Crippen LogP contribution in [-0.2, 0) is 4.79 Å². The first-order chi connectivity index (χ1) is 9.58. The highest BCUT2D eigenvalue weighted by molar-refractivity contribution is 6.33. The lowest BCUT2D eigenvalue weighted by atomic mass is 10.2. The second kappa shape index (κ2) is 6.70. The summed E-state index contributed by atoms with van der Waals surface area (Å²) in [5.74, 6) is -0.840. The van der Waals surface area contributed by atoms with Crippen molar-refractivity contribution in [1.82, 2.24) is 10.2 Å². The van der Waals surface area contributed by atoms with E-state index < -0.39 is 11.7 Å². The van der Waals surface area contributed by atoms with Gasteiger partial charge in [-0.2, -0.15) is 0 Å². The molecule has 1 N–H and O–H groups in total. The molecular formula is C14H16ClFN2O2. The number of carbonyl (C=O) groups is 2. The smallest absolute Gasteiger partial charge is 0.252 e. The minimum absolute atomic E-state index is 0.0491. The van der Waals surface area contributed by atoms with Crippen molar-refractivity contribution >= 4 is 23.4 Å². The highest BCUT2D eigenvalue weighted by Crippen LogP contribution is 2.17. The molecule has 1 aromatic rings. The summed E-state index contributed by atoms with van der Waals surface area (Å²) in [6.07, 6.45) is 2.36. The number of hydrogen-bond donors (Lipinski definition) is 1. The van der Waals surface area contributed by atoms with E-state index in [9.17, 15) is 14.0 Å². The summed E-state index contributed by atoms with van der Waals surface area (Å²) in [5, 5.41) is 2.68. The maximum absolute atomic E-state index is 12.9.